The van der Waals surface area contributed by atoms with E-state index in [9.17, 15) is 18.0 Å². The highest BCUT2D eigenvalue weighted by atomic mass is 32.2. The number of carbonyl (C=O) groups excluding carboxylic acids is 1. The molecule has 0 saturated carbocycles. The van der Waals surface area contributed by atoms with Gasteiger partial charge in [-0.3, -0.25) is 4.79 Å². The number of fused-ring (bicyclic) bond motifs is 1. The number of hydrogen-bond donors (Lipinski definition) is 1. The molecule has 142 valence electrons. The zero-order valence-corrected chi connectivity index (χ0v) is 14.8. The number of nitrogens with zero attached hydrogens (tertiary/aromatic N) is 2. The quantitative estimate of drug-likeness (QED) is 0.634. The summed E-state index contributed by atoms with van der Waals surface area (Å²) < 4.78 is 42.6. The monoisotopic (exact) mass is 393 g/mol. The fourth-order valence-electron chi connectivity index (χ4n) is 2.85. The second kappa shape index (κ2) is 6.37. The Morgan fingerprint density at radius 3 is 2.56 bits per heavy atom. The number of anilines is 1. The Morgan fingerprint density at radius 2 is 1.81 bits per heavy atom. The molecular weight excluding hydrogens is 378 g/mol. The summed E-state index contributed by atoms with van der Waals surface area (Å²) in [5.41, 5.74) is 6.18. The molecule has 0 unspecified atom stereocenters. The zero-order chi connectivity index (χ0) is 19.2. The molecule has 0 aliphatic carbocycles. The maximum atomic E-state index is 12.7. The summed E-state index contributed by atoms with van der Waals surface area (Å²) in [6.07, 6.45) is 0. The van der Waals surface area contributed by atoms with E-state index in [0.29, 0.717) is 0 Å². The van der Waals surface area contributed by atoms with Gasteiger partial charge in [-0.15, -0.1) is 0 Å². The number of ether oxygens (including phenoxy) is 1. The van der Waals surface area contributed by atoms with Gasteiger partial charge in [0.1, 0.15) is 5.52 Å². The topological polar surface area (TPSA) is 138 Å². The molecule has 0 bridgehead atoms. The van der Waals surface area contributed by atoms with Gasteiger partial charge in [-0.2, -0.15) is 4.31 Å². The van der Waals surface area contributed by atoms with Crippen LogP contribution in [0.2, 0.25) is 0 Å². The van der Waals surface area contributed by atoms with Crippen LogP contribution in [0.15, 0.2) is 49.1 Å². The van der Waals surface area contributed by atoms with Gasteiger partial charge in [0.15, 0.2) is 11.3 Å². The molecule has 11 heteroatoms. The third-order valence-corrected chi connectivity index (χ3v) is 5.97. The van der Waals surface area contributed by atoms with E-state index in [1.165, 1.54) is 28.6 Å². The molecule has 0 radical (unpaired) electrons. The second-order valence-electron chi connectivity index (χ2n) is 5.84. The van der Waals surface area contributed by atoms with Crippen LogP contribution in [-0.4, -0.2) is 49.5 Å². The van der Waals surface area contributed by atoms with Gasteiger partial charge in [0.05, 0.1) is 18.9 Å². The van der Waals surface area contributed by atoms with Crippen molar-refractivity contribution in [1.82, 2.24) is 8.87 Å². The third-order valence-electron chi connectivity index (χ3n) is 4.20. The smallest absolute Gasteiger partial charge is 0.427 e. The van der Waals surface area contributed by atoms with Crippen molar-refractivity contribution in [1.29, 1.82) is 0 Å². The van der Waals surface area contributed by atoms with Crippen LogP contribution in [0.1, 0.15) is 10.6 Å². The van der Waals surface area contributed by atoms with Crippen LogP contribution in [0.3, 0.4) is 0 Å². The second-order valence-corrected chi connectivity index (χ2v) is 7.71. The van der Waals surface area contributed by atoms with Crippen LogP contribution < -0.4 is 11.5 Å². The Balaban J connectivity index is 1.72. The van der Waals surface area contributed by atoms with E-state index >= 15 is 0 Å². The van der Waals surface area contributed by atoms with Gasteiger partial charge in [0.25, 0.3) is 10.0 Å². The lowest BCUT2D eigenvalue weighted by molar-refractivity contribution is 0.0722. The number of morpholine rings is 1. The van der Waals surface area contributed by atoms with Crippen molar-refractivity contribution < 1.29 is 26.8 Å². The van der Waals surface area contributed by atoms with Crippen molar-refractivity contribution in [3.05, 3.63) is 46.6 Å². The molecule has 2 N–H and O–H groups in total. The molecule has 3 heterocycles. The molecule has 3 aromatic rings. The summed E-state index contributed by atoms with van der Waals surface area (Å²) in [5, 5.41) is -0.381. The minimum atomic E-state index is -3.90. The molecule has 1 aliphatic heterocycles. The minimum absolute atomic E-state index is 0.0727. The van der Waals surface area contributed by atoms with E-state index < -0.39 is 21.7 Å². The molecule has 10 nitrogen and oxygen atoms in total. The van der Waals surface area contributed by atoms with Crippen molar-refractivity contribution in [2.45, 2.75) is 5.09 Å². The van der Waals surface area contributed by atoms with Crippen molar-refractivity contribution in [2.24, 2.45) is 0 Å². The van der Waals surface area contributed by atoms with Gasteiger partial charge in [-0.05, 0) is 24.3 Å². The number of sulfonamides is 1. The largest absolute Gasteiger partial charge is 0.438 e. The number of carbonyl (C=O) groups is 1. The summed E-state index contributed by atoms with van der Waals surface area (Å²) in [6.45, 7) is 0.946. The van der Waals surface area contributed by atoms with E-state index in [2.05, 4.69) is 0 Å². The number of rotatable bonds is 3. The molecular formula is C16H15N3O7S. The van der Waals surface area contributed by atoms with E-state index in [1.54, 1.807) is 6.07 Å². The van der Waals surface area contributed by atoms with Crippen LogP contribution in [0.4, 0.5) is 5.69 Å². The third kappa shape index (κ3) is 2.85. The number of para-hydroxylation sites is 1. The lowest BCUT2D eigenvalue weighted by Crippen LogP contribution is -2.40. The first-order valence-electron chi connectivity index (χ1n) is 8.02. The molecule has 2 aromatic heterocycles. The van der Waals surface area contributed by atoms with Crippen molar-refractivity contribution in [2.75, 3.05) is 32.0 Å². The highest BCUT2D eigenvalue weighted by Crippen LogP contribution is 2.23. The molecule has 1 saturated heterocycles. The van der Waals surface area contributed by atoms with E-state index in [0.717, 1.165) is 4.57 Å². The molecule has 1 fully saturated rings. The van der Waals surface area contributed by atoms with E-state index in [-0.39, 0.29) is 53.9 Å². The molecule has 0 atom stereocenters. The van der Waals surface area contributed by atoms with Crippen LogP contribution >= 0.6 is 0 Å². The summed E-state index contributed by atoms with van der Waals surface area (Å²) in [6, 6.07) is 6.96. The van der Waals surface area contributed by atoms with Gasteiger partial charge in [0.2, 0.25) is 5.09 Å². The Labute approximate surface area is 152 Å². The first kappa shape index (κ1) is 17.5. The highest BCUT2D eigenvalue weighted by Gasteiger charge is 2.31. The summed E-state index contributed by atoms with van der Waals surface area (Å²) in [5.74, 6) is -2.11. The van der Waals surface area contributed by atoms with Crippen LogP contribution in [0.5, 0.6) is 0 Å². The average molecular weight is 393 g/mol. The van der Waals surface area contributed by atoms with Gasteiger partial charge < -0.3 is 19.3 Å². The van der Waals surface area contributed by atoms with Crippen molar-refractivity contribution in [3.8, 4) is 0 Å². The normalized spacial score (nSPS) is 16.0. The molecule has 27 heavy (non-hydrogen) atoms. The summed E-state index contributed by atoms with van der Waals surface area (Å²) in [7, 11) is -3.90. The van der Waals surface area contributed by atoms with Gasteiger partial charge >= 0.3 is 11.7 Å². The van der Waals surface area contributed by atoms with Crippen molar-refractivity contribution in [3.63, 3.8) is 0 Å². The molecule has 4 rings (SSSR count). The number of benzene rings is 1. The lowest BCUT2D eigenvalue weighted by Gasteiger charge is -2.24. The molecule has 1 aliphatic rings. The minimum Gasteiger partial charge on any atom is -0.438 e. The lowest BCUT2D eigenvalue weighted by atomic mass is 10.3. The van der Waals surface area contributed by atoms with E-state index in [4.69, 9.17) is 19.3 Å². The first-order valence-corrected chi connectivity index (χ1v) is 9.46. The Hall–Kier alpha value is -2.89. The molecule has 0 amide bonds. The number of aromatic nitrogens is 1. The van der Waals surface area contributed by atoms with Crippen LogP contribution in [0, 0.1) is 0 Å². The van der Waals surface area contributed by atoms with Gasteiger partial charge in [0, 0.05) is 13.1 Å². The fourth-order valence-corrected chi connectivity index (χ4v) is 4.17. The summed E-state index contributed by atoms with van der Waals surface area (Å²) in [4.78, 5) is 24.8. The number of nitrogen functional groups attached to an aromatic ring is 1. The van der Waals surface area contributed by atoms with Crippen molar-refractivity contribution >= 4 is 32.7 Å². The zero-order valence-electron chi connectivity index (χ0n) is 14.0. The number of furan rings is 1. The van der Waals surface area contributed by atoms with Gasteiger partial charge in [-0.25, -0.2) is 17.8 Å². The SMILES string of the molecule is Nc1cccc2c1oc(=O)n2C(=O)c1ccc(S(=O)(=O)N2CCOCC2)o1. The Bertz CT molecular complexity index is 1180. The van der Waals surface area contributed by atoms with Crippen LogP contribution in [-0.2, 0) is 14.8 Å². The highest BCUT2D eigenvalue weighted by molar-refractivity contribution is 7.89. The van der Waals surface area contributed by atoms with E-state index in [1.807, 2.05) is 0 Å². The van der Waals surface area contributed by atoms with Gasteiger partial charge in [-0.1, -0.05) is 6.07 Å². The maximum absolute atomic E-state index is 12.7. The number of hydrogen-bond acceptors (Lipinski definition) is 8. The number of oxazole rings is 1. The predicted octanol–water partition coefficient (Wildman–Crippen LogP) is 0.479. The van der Waals surface area contributed by atoms with Crippen LogP contribution in [0.25, 0.3) is 11.1 Å². The predicted molar refractivity (Wildman–Crippen MR) is 92.9 cm³/mol. The average Bonchev–Trinajstić information content (AvgIpc) is 3.28. The molecule has 1 aromatic carbocycles. The Morgan fingerprint density at radius 1 is 1.07 bits per heavy atom. The fraction of sp³-hybridized carbons (Fsp3) is 0.250. The maximum Gasteiger partial charge on any atom is 0.427 e. The molecule has 0 spiro atoms. The summed E-state index contributed by atoms with van der Waals surface area (Å²) >= 11 is 0. The number of nitrogens with two attached hydrogens (primary N) is 1. The Kier molecular flexibility index (Phi) is 4.13. The standard InChI is InChI=1S/C16H15N3O7S/c17-10-2-1-3-11-14(10)26-16(21)19(11)15(20)12-4-5-13(25-12)27(22,23)18-6-8-24-9-7-18/h1-5H,6-9,17H2. The first-order chi connectivity index (χ1) is 12.9.